The number of rotatable bonds is 3. The number of hydrogen-bond donors (Lipinski definition) is 0. The third kappa shape index (κ3) is 1.79. The van der Waals surface area contributed by atoms with Crippen molar-refractivity contribution < 1.29 is 14.5 Å². The highest BCUT2D eigenvalue weighted by Crippen LogP contribution is 2.39. The van der Waals surface area contributed by atoms with E-state index < -0.39 is 17.1 Å². The maximum Gasteiger partial charge on any atom is 0.366 e. The Balaban J connectivity index is 2.53. The van der Waals surface area contributed by atoms with Gasteiger partial charge in [-0.2, -0.15) is 0 Å². The Morgan fingerprint density at radius 2 is 2.22 bits per heavy atom. The van der Waals surface area contributed by atoms with Crippen molar-refractivity contribution in [3.63, 3.8) is 0 Å². The fourth-order valence-electron chi connectivity index (χ4n) is 2.40. The van der Waals surface area contributed by atoms with Crippen LogP contribution in [-0.2, 0) is 16.6 Å². The molecular formula is C12H14N2O4. The Labute approximate surface area is 104 Å². The average Bonchev–Trinajstić information content (AvgIpc) is 2.81. The van der Waals surface area contributed by atoms with Gasteiger partial charge in [-0.1, -0.05) is 0 Å². The van der Waals surface area contributed by atoms with E-state index in [0.717, 1.165) is 0 Å². The SMILES string of the molecule is CC(=O)C1=C(C)OC([N+](=O)[O-])C1c1cccn1C. The van der Waals surface area contributed by atoms with E-state index in [1.54, 1.807) is 36.9 Å². The lowest BCUT2D eigenvalue weighted by Crippen LogP contribution is -2.28. The summed E-state index contributed by atoms with van der Waals surface area (Å²) in [6, 6.07) is 3.56. The van der Waals surface area contributed by atoms with Crippen molar-refractivity contribution in [1.82, 2.24) is 4.57 Å². The van der Waals surface area contributed by atoms with Crippen molar-refractivity contribution >= 4 is 5.78 Å². The number of Topliss-reactive ketones (excluding diaryl/α,β-unsaturated/α-hetero) is 1. The third-order valence-electron chi connectivity index (χ3n) is 3.16. The minimum absolute atomic E-state index is 0.192. The summed E-state index contributed by atoms with van der Waals surface area (Å²) in [6.45, 7) is 3.00. The lowest BCUT2D eigenvalue weighted by atomic mass is 9.92. The molecule has 2 unspecified atom stereocenters. The third-order valence-corrected chi connectivity index (χ3v) is 3.16. The van der Waals surface area contributed by atoms with Crippen molar-refractivity contribution in [3.05, 3.63) is 45.5 Å². The Bertz CT molecular complexity index is 544. The zero-order valence-electron chi connectivity index (χ0n) is 10.4. The summed E-state index contributed by atoms with van der Waals surface area (Å²) in [6.07, 6.45) is 0.565. The predicted molar refractivity (Wildman–Crippen MR) is 63.4 cm³/mol. The topological polar surface area (TPSA) is 74.4 Å². The highest BCUT2D eigenvalue weighted by atomic mass is 16.7. The number of aryl methyl sites for hydroxylation is 1. The van der Waals surface area contributed by atoms with E-state index in [4.69, 9.17) is 4.74 Å². The zero-order chi connectivity index (χ0) is 13.4. The molecule has 0 bridgehead atoms. The van der Waals surface area contributed by atoms with E-state index in [2.05, 4.69) is 0 Å². The molecular weight excluding hydrogens is 236 g/mol. The van der Waals surface area contributed by atoms with Crippen LogP contribution < -0.4 is 0 Å². The summed E-state index contributed by atoms with van der Waals surface area (Å²) < 4.78 is 7.00. The molecule has 2 heterocycles. The van der Waals surface area contributed by atoms with E-state index in [1.807, 2.05) is 0 Å². The number of nitrogens with zero attached hydrogens (tertiary/aromatic N) is 2. The summed E-state index contributed by atoms with van der Waals surface area (Å²) in [5.41, 5.74) is 1.09. The van der Waals surface area contributed by atoms with Crippen LogP contribution in [0.2, 0.25) is 0 Å². The molecule has 0 saturated heterocycles. The van der Waals surface area contributed by atoms with E-state index in [1.165, 1.54) is 6.92 Å². The van der Waals surface area contributed by atoms with Crippen LogP contribution in [0.25, 0.3) is 0 Å². The highest BCUT2D eigenvalue weighted by Gasteiger charge is 2.47. The van der Waals surface area contributed by atoms with Crippen LogP contribution in [0, 0.1) is 10.1 Å². The second kappa shape index (κ2) is 4.29. The minimum atomic E-state index is -1.22. The minimum Gasteiger partial charge on any atom is -0.434 e. The van der Waals surface area contributed by atoms with Crippen LogP contribution in [-0.4, -0.2) is 21.5 Å². The number of carbonyl (C=O) groups is 1. The van der Waals surface area contributed by atoms with Gasteiger partial charge in [0, 0.05) is 18.9 Å². The van der Waals surface area contributed by atoms with E-state index in [9.17, 15) is 14.9 Å². The first-order chi connectivity index (χ1) is 8.43. The maximum atomic E-state index is 11.7. The molecule has 0 N–H and O–H groups in total. The van der Waals surface area contributed by atoms with Crippen LogP contribution >= 0.6 is 0 Å². The molecule has 0 spiro atoms. The van der Waals surface area contributed by atoms with Crippen molar-refractivity contribution in [2.24, 2.45) is 7.05 Å². The predicted octanol–water partition coefficient (Wildman–Crippen LogP) is 1.60. The molecule has 0 saturated carbocycles. The van der Waals surface area contributed by atoms with Gasteiger partial charge in [0.1, 0.15) is 11.7 Å². The number of ketones is 1. The van der Waals surface area contributed by atoms with Gasteiger partial charge in [-0.3, -0.25) is 14.9 Å². The molecule has 6 heteroatoms. The van der Waals surface area contributed by atoms with Gasteiger partial charge in [0.15, 0.2) is 5.78 Å². The van der Waals surface area contributed by atoms with Crippen LogP contribution in [0.4, 0.5) is 0 Å². The van der Waals surface area contributed by atoms with Gasteiger partial charge in [0.25, 0.3) is 0 Å². The summed E-state index contributed by atoms with van der Waals surface area (Å²) in [4.78, 5) is 22.2. The Morgan fingerprint density at radius 1 is 1.56 bits per heavy atom. The maximum absolute atomic E-state index is 11.7. The van der Waals surface area contributed by atoms with Crippen molar-refractivity contribution in [2.45, 2.75) is 26.0 Å². The standard InChI is InChI=1S/C12H14N2O4/c1-7(15)10-8(2)18-12(14(16)17)11(10)9-5-4-6-13(9)3/h4-6,11-12H,1-3H3. The largest absolute Gasteiger partial charge is 0.434 e. The van der Waals surface area contributed by atoms with Crippen LogP contribution in [0.5, 0.6) is 0 Å². The van der Waals surface area contributed by atoms with Gasteiger partial charge in [-0.15, -0.1) is 0 Å². The van der Waals surface area contributed by atoms with Crippen LogP contribution in [0.1, 0.15) is 25.5 Å². The molecule has 1 aliphatic heterocycles. The lowest BCUT2D eigenvalue weighted by molar-refractivity contribution is -0.570. The quantitative estimate of drug-likeness (QED) is 0.603. The number of nitro groups is 1. The van der Waals surface area contributed by atoms with Crippen molar-refractivity contribution in [1.29, 1.82) is 0 Å². The van der Waals surface area contributed by atoms with Crippen LogP contribution in [0.15, 0.2) is 29.7 Å². The second-order valence-corrected chi connectivity index (χ2v) is 4.34. The van der Waals surface area contributed by atoms with Crippen molar-refractivity contribution in [2.75, 3.05) is 0 Å². The summed E-state index contributed by atoms with van der Waals surface area (Å²) in [5, 5.41) is 11.1. The average molecular weight is 250 g/mol. The first kappa shape index (κ1) is 12.3. The van der Waals surface area contributed by atoms with Gasteiger partial charge in [-0.05, 0) is 26.0 Å². The Hall–Kier alpha value is -2.11. The highest BCUT2D eigenvalue weighted by molar-refractivity contribution is 5.95. The molecule has 18 heavy (non-hydrogen) atoms. The first-order valence-corrected chi connectivity index (χ1v) is 5.56. The molecule has 1 aromatic heterocycles. The second-order valence-electron chi connectivity index (χ2n) is 4.34. The molecule has 0 radical (unpaired) electrons. The van der Waals surface area contributed by atoms with Gasteiger partial charge in [0.05, 0.1) is 10.5 Å². The van der Waals surface area contributed by atoms with Gasteiger partial charge in [0.2, 0.25) is 0 Å². The number of hydrogen-bond acceptors (Lipinski definition) is 4. The fourth-order valence-corrected chi connectivity index (χ4v) is 2.40. The first-order valence-electron chi connectivity index (χ1n) is 5.56. The summed E-state index contributed by atoms with van der Waals surface area (Å²) in [5.74, 6) is -0.490. The number of aromatic nitrogens is 1. The van der Waals surface area contributed by atoms with Crippen molar-refractivity contribution in [3.8, 4) is 0 Å². The van der Waals surface area contributed by atoms with Gasteiger partial charge in [-0.25, -0.2) is 0 Å². The molecule has 2 rings (SSSR count). The Morgan fingerprint density at radius 3 is 2.67 bits per heavy atom. The zero-order valence-corrected chi connectivity index (χ0v) is 10.4. The van der Waals surface area contributed by atoms with Gasteiger partial charge < -0.3 is 9.30 Å². The molecule has 0 aliphatic carbocycles. The molecule has 6 nitrogen and oxygen atoms in total. The molecule has 2 atom stereocenters. The molecule has 0 fully saturated rings. The molecule has 1 aromatic rings. The fraction of sp³-hybridized carbons (Fsp3) is 0.417. The van der Waals surface area contributed by atoms with E-state index in [-0.39, 0.29) is 5.78 Å². The monoisotopic (exact) mass is 250 g/mol. The number of ether oxygens (including phenoxy) is 1. The van der Waals surface area contributed by atoms with E-state index in [0.29, 0.717) is 17.0 Å². The lowest BCUT2D eigenvalue weighted by Gasteiger charge is -2.15. The van der Waals surface area contributed by atoms with Crippen LogP contribution in [0.3, 0.4) is 0 Å². The normalized spacial score (nSPS) is 23.1. The smallest absolute Gasteiger partial charge is 0.366 e. The summed E-state index contributed by atoms with van der Waals surface area (Å²) >= 11 is 0. The molecule has 0 aromatic carbocycles. The Kier molecular flexibility index (Phi) is 2.94. The molecule has 1 aliphatic rings. The number of carbonyl (C=O) groups excluding carboxylic acids is 1. The van der Waals surface area contributed by atoms with E-state index >= 15 is 0 Å². The number of allylic oxidation sites excluding steroid dienone is 1. The molecule has 96 valence electrons. The van der Waals surface area contributed by atoms with Gasteiger partial charge >= 0.3 is 6.23 Å². The summed E-state index contributed by atoms with van der Waals surface area (Å²) in [7, 11) is 1.79. The molecule has 0 amide bonds.